The first-order chi connectivity index (χ1) is 8.08. The van der Waals surface area contributed by atoms with Crippen LogP contribution in [0.1, 0.15) is 0 Å². The monoisotopic (exact) mass is 376 g/mol. The molecule has 0 aliphatic heterocycles. The molecule has 0 spiro atoms. The summed E-state index contributed by atoms with van der Waals surface area (Å²) in [4.78, 5) is 3.94. The number of pyridine rings is 1. The van der Waals surface area contributed by atoms with Crippen molar-refractivity contribution in [1.82, 2.24) is 4.98 Å². The second-order valence-electron chi connectivity index (χ2n) is 3.22. The fourth-order valence-electron chi connectivity index (χ4n) is 1.21. The molecule has 0 fully saturated rings. The minimum Gasteiger partial charge on any atom is -0.453 e. The number of nitrogen functional groups attached to an aromatic ring is 1. The van der Waals surface area contributed by atoms with Crippen LogP contribution in [0.25, 0.3) is 0 Å². The van der Waals surface area contributed by atoms with Gasteiger partial charge in [-0.2, -0.15) is 0 Å². The summed E-state index contributed by atoms with van der Waals surface area (Å²) in [6.45, 7) is 0. The molecular formula is C11H7Br2ClN2O. The largest absolute Gasteiger partial charge is 0.453 e. The molecule has 0 aliphatic rings. The molecule has 0 bridgehead atoms. The number of hydrogen-bond acceptors (Lipinski definition) is 3. The number of anilines is 1. The van der Waals surface area contributed by atoms with Crippen LogP contribution in [0.15, 0.2) is 39.5 Å². The minimum absolute atomic E-state index is 0.459. The SMILES string of the molecule is Nc1cncc(Br)c1Oc1ccc(Cl)cc1Br. The van der Waals surface area contributed by atoms with Crippen LogP contribution < -0.4 is 10.5 Å². The van der Waals surface area contributed by atoms with Gasteiger partial charge in [-0.05, 0) is 50.1 Å². The zero-order valence-electron chi connectivity index (χ0n) is 8.45. The van der Waals surface area contributed by atoms with Gasteiger partial charge in [0.2, 0.25) is 0 Å². The average molecular weight is 378 g/mol. The Kier molecular flexibility index (Phi) is 3.91. The first-order valence-electron chi connectivity index (χ1n) is 4.60. The van der Waals surface area contributed by atoms with Crippen molar-refractivity contribution >= 4 is 49.1 Å². The first kappa shape index (κ1) is 12.7. The lowest BCUT2D eigenvalue weighted by Gasteiger charge is -2.11. The van der Waals surface area contributed by atoms with E-state index in [2.05, 4.69) is 36.8 Å². The summed E-state index contributed by atoms with van der Waals surface area (Å²) >= 11 is 12.6. The van der Waals surface area contributed by atoms with E-state index in [1.54, 1.807) is 24.4 Å². The van der Waals surface area contributed by atoms with Gasteiger partial charge in [0.1, 0.15) is 5.75 Å². The molecule has 0 saturated heterocycles. The molecular weight excluding hydrogens is 371 g/mol. The second kappa shape index (κ2) is 5.25. The fraction of sp³-hybridized carbons (Fsp3) is 0. The maximum atomic E-state index is 5.85. The third-order valence-electron chi connectivity index (χ3n) is 1.99. The summed E-state index contributed by atoms with van der Waals surface area (Å²) < 4.78 is 7.16. The van der Waals surface area contributed by atoms with Crippen LogP contribution in [-0.2, 0) is 0 Å². The number of ether oxygens (including phenoxy) is 1. The Morgan fingerprint density at radius 3 is 2.59 bits per heavy atom. The van der Waals surface area contributed by atoms with E-state index in [1.165, 1.54) is 6.20 Å². The van der Waals surface area contributed by atoms with Crippen molar-refractivity contribution in [3.05, 3.63) is 44.6 Å². The van der Waals surface area contributed by atoms with Crippen molar-refractivity contribution in [2.45, 2.75) is 0 Å². The van der Waals surface area contributed by atoms with Gasteiger partial charge in [-0.15, -0.1) is 0 Å². The van der Waals surface area contributed by atoms with Crippen LogP contribution in [0.5, 0.6) is 11.5 Å². The van der Waals surface area contributed by atoms with Crippen LogP contribution in [0, 0.1) is 0 Å². The second-order valence-corrected chi connectivity index (χ2v) is 5.36. The molecule has 0 aliphatic carbocycles. The highest BCUT2D eigenvalue weighted by molar-refractivity contribution is 9.11. The summed E-state index contributed by atoms with van der Waals surface area (Å²) in [7, 11) is 0. The van der Waals surface area contributed by atoms with Gasteiger partial charge < -0.3 is 10.5 Å². The summed E-state index contributed by atoms with van der Waals surface area (Å²) in [5, 5.41) is 0.631. The molecule has 1 aromatic heterocycles. The van der Waals surface area contributed by atoms with E-state index in [1.807, 2.05) is 0 Å². The Morgan fingerprint density at radius 2 is 1.94 bits per heavy atom. The van der Waals surface area contributed by atoms with E-state index < -0.39 is 0 Å². The number of rotatable bonds is 2. The molecule has 6 heteroatoms. The number of hydrogen-bond donors (Lipinski definition) is 1. The van der Waals surface area contributed by atoms with E-state index in [9.17, 15) is 0 Å². The van der Waals surface area contributed by atoms with Crippen LogP contribution in [0.4, 0.5) is 5.69 Å². The molecule has 1 heterocycles. The van der Waals surface area contributed by atoms with E-state index in [0.29, 0.717) is 26.7 Å². The number of nitrogens with zero attached hydrogens (tertiary/aromatic N) is 1. The highest BCUT2D eigenvalue weighted by atomic mass is 79.9. The third kappa shape index (κ3) is 2.91. The Balaban J connectivity index is 2.38. The fourth-order valence-corrected chi connectivity index (χ4v) is 2.41. The smallest absolute Gasteiger partial charge is 0.167 e. The van der Waals surface area contributed by atoms with Crippen molar-refractivity contribution in [1.29, 1.82) is 0 Å². The predicted octanol–water partition coefficient (Wildman–Crippen LogP) is 4.63. The highest BCUT2D eigenvalue weighted by Crippen LogP contribution is 2.37. The Bertz CT molecular complexity index is 543. The molecule has 3 nitrogen and oxygen atoms in total. The Hall–Kier alpha value is -0.780. The van der Waals surface area contributed by atoms with Gasteiger partial charge in [-0.25, -0.2) is 0 Å². The van der Waals surface area contributed by atoms with Gasteiger partial charge in [-0.1, -0.05) is 11.6 Å². The van der Waals surface area contributed by atoms with Crippen molar-refractivity contribution in [3.63, 3.8) is 0 Å². The standard InChI is InChI=1S/C11H7Br2ClN2O/c12-7-3-6(14)1-2-10(7)17-11-8(13)4-16-5-9(11)15/h1-5H,15H2. The van der Waals surface area contributed by atoms with E-state index in [0.717, 1.165) is 4.47 Å². The van der Waals surface area contributed by atoms with E-state index in [4.69, 9.17) is 22.1 Å². The van der Waals surface area contributed by atoms with Crippen LogP contribution in [0.3, 0.4) is 0 Å². The van der Waals surface area contributed by atoms with Gasteiger partial charge in [0.05, 0.1) is 20.8 Å². The first-order valence-corrected chi connectivity index (χ1v) is 6.56. The molecule has 2 rings (SSSR count). The lowest BCUT2D eigenvalue weighted by atomic mass is 10.3. The van der Waals surface area contributed by atoms with Crippen molar-refractivity contribution in [2.24, 2.45) is 0 Å². The normalized spacial score (nSPS) is 10.3. The summed E-state index contributed by atoms with van der Waals surface area (Å²) in [6.07, 6.45) is 3.15. The number of benzene rings is 1. The molecule has 2 aromatic rings. The van der Waals surface area contributed by atoms with Gasteiger partial charge in [0.15, 0.2) is 5.75 Å². The highest BCUT2D eigenvalue weighted by Gasteiger charge is 2.10. The zero-order valence-corrected chi connectivity index (χ0v) is 12.4. The maximum absolute atomic E-state index is 5.85. The zero-order chi connectivity index (χ0) is 12.4. The van der Waals surface area contributed by atoms with Crippen molar-refractivity contribution in [2.75, 3.05) is 5.73 Å². The average Bonchev–Trinajstić information content (AvgIpc) is 2.26. The van der Waals surface area contributed by atoms with Crippen molar-refractivity contribution in [3.8, 4) is 11.5 Å². The van der Waals surface area contributed by atoms with Crippen LogP contribution in [-0.4, -0.2) is 4.98 Å². The van der Waals surface area contributed by atoms with Crippen molar-refractivity contribution < 1.29 is 4.74 Å². The summed E-state index contributed by atoms with van der Waals surface area (Å²) in [5.41, 5.74) is 6.25. The minimum atomic E-state index is 0.459. The summed E-state index contributed by atoms with van der Waals surface area (Å²) in [5.74, 6) is 1.16. The molecule has 2 N–H and O–H groups in total. The third-order valence-corrected chi connectivity index (χ3v) is 3.41. The lowest BCUT2D eigenvalue weighted by Crippen LogP contribution is -1.94. The van der Waals surface area contributed by atoms with Gasteiger partial charge in [0.25, 0.3) is 0 Å². The van der Waals surface area contributed by atoms with E-state index in [-0.39, 0.29) is 0 Å². The molecule has 0 amide bonds. The lowest BCUT2D eigenvalue weighted by molar-refractivity contribution is 0.478. The van der Waals surface area contributed by atoms with Gasteiger partial charge in [0, 0.05) is 11.2 Å². The predicted molar refractivity (Wildman–Crippen MR) is 75.6 cm³/mol. The Morgan fingerprint density at radius 1 is 1.18 bits per heavy atom. The molecule has 1 aromatic carbocycles. The molecule has 0 atom stereocenters. The molecule has 0 unspecified atom stereocenters. The maximum Gasteiger partial charge on any atom is 0.167 e. The topological polar surface area (TPSA) is 48.1 Å². The Labute approximate surface area is 120 Å². The van der Waals surface area contributed by atoms with Gasteiger partial charge >= 0.3 is 0 Å². The quantitative estimate of drug-likeness (QED) is 0.829. The van der Waals surface area contributed by atoms with Crippen LogP contribution >= 0.6 is 43.5 Å². The number of halogens is 3. The number of nitrogens with two attached hydrogens (primary N) is 1. The summed E-state index contributed by atoms with van der Waals surface area (Å²) in [6, 6.07) is 5.26. The molecule has 17 heavy (non-hydrogen) atoms. The molecule has 88 valence electrons. The molecule has 0 saturated carbocycles. The van der Waals surface area contributed by atoms with E-state index >= 15 is 0 Å². The number of aromatic nitrogens is 1. The van der Waals surface area contributed by atoms with Crippen LogP contribution in [0.2, 0.25) is 5.02 Å². The molecule has 0 radical (unpaired) electrons. The van der Waals surface area contributed by atoms with Gasteiger partial charge in [-0.3, -0.25) is 4.98 Å².